The first-order chi connectivity index (χ1) is 16.9. The van der Waals surface area contributed by atoms with Gasteiger partial charge in [-0.1, -0.05) is 48.5 Å². The number of aromatic carboxylic acids is 1. The summed E-state index contributed by atoms with van der Waals surface area (Å²) in [6.07, 6.45) is 5.76. The van der Waals surface area contributed by atoms with E-state index in [2.05, 4.69) is 21.7 Å². The van der Waals surface area contributed by atoms with E-state index in [1.807, 2.05) is 48.5 Å². The summed E-state index contributed by atoms with van der Waals surface area (Å²) >= 11 is 0. The van der Waals surface area contributed by atoms with Gasteiger partial charge in [0.2, 0.25) is 5.91 Å². The summed E-state index contributed by atoms with van der Waals surface area (Å²) in [5, 5.41) is 18.3. The van der Waals surface area contributed by atoms with Crippen LogP contribution in [0.25, 0.3) is 11.1 Å². The van der Waals surface area contributed by atoms with Gasteiger partial charge in [0.1, 0.15) is 18.2 Å². The van der Waals surface area contributed by atoms with Crippen LogP contribution < -0.4 is 10.6 Å². The van der Waals surface area contributed by atoms with E-state index in [0.717, 1.165) is 22.3 Å². The Labute approximate surface area is 202 Å². The second-order valence-corrected chi connectivity index (χ2v) is 8.08. The van der Waals surface area contributed by atoms with Crippen LogP contribution in [-0.2, 0) is 23.1 Å². The minimum absolute atomic E-state index is 0.0224. The predicted molar refractivity (Wildman–Crippen MR) is 127 cm³/mol. The lowest BCUT2D eigenvalue weighted by atomic mass is 9.98. The van der Waals surface area contributed by atoms with E-state index in [1.165, 1.54) is 10.9 Å². The van der Waals surface area contributed by atoms with Gasteiger partial charge in [0, 0.05) is 19.4 Å². The molecule has 1 atom stereocenters. The number of alkyl carbamates (subject to hydrolysis) is 1. The number of hydrogen-bond acceptors (Lipinski definition) is 5. The smallest absolute Gasteiger partial charge is 0.407 e. The van der Waals surface area contributed by atoms with Gasteiger partial charge in [-0.05, 0) is 22.3 Å². The van der Waals surface area contributed by atoms with Crippen LogP contribution in [0.1, 0.15) is 39.5 Å². The van der Waals surface area contributed by atoms with E-state index < -0.39 is 24.0 Å². The number of nitrogens with zero attached hydrogens (tertiary/aromatic N) is 2. The van der Waals surface area contributed by atoms with Crippen molar-refractivity contribution in [2.75, 3.05) is 6.61 Å². The molecule has 9 heteroatoms. The number of terminal acetylenes is 1. The summed E-state index contributed by atoms with van der Waals surface area (Å²) < 4.78 is 6.86. The van der Waals surface area contributed by atoms with Crippen molar-refractivity contribution in [1.29, 1.82) is 0 Å². The number of carbonyl (C=O) groups excluding carboxylic acids is 2. The lowest BCUT2D eigenvalue weighted by Crippen LogP contribution is -2.47. The van der Waals surface area contributed by atoms with Crippen molar-refractivity contribution in [3.63, 3.8) is 0 Å². The highest BCUT2D eigenvalue weighted by atomic mass is 16.5. The third kappa shape index (κ3) is 4.87. The molecule has 1 aliphatic rings. The summed E-state index contributed by atoms with van der Waals surface area (Å²) in [4.78, 5) is 36.6. The van der Waals surface area contributed by atoms with E-state index >= 15 is 0 Å². The Balaban J connectivity index is 1.38. The molecule has 0 saturated carbocycles. The molecule has 1 aromatic heterocycles. The monoisotopic (exact) mass is 472 g/mol. The van der Waals surface area contributed by atoms with Crippen molar-refractivity contribution in [3.05, 3.63) is 77.1 Å². The first kappa shape index (κ1) is 23.6. The first-order valence-corrected chi connectivity index (χ1v) is 11.0. The molecule has 1 aliphatic carbocycles. The number of carboxylic acids is 1. The number of aromatic nitrogens is 2. The predicted octanol–water partition coefficient (Wildman–Crippen LogP) is 2.67. The average Bonchev–Trinajstić information content (AvgIpc) is 3.38. The fourth-order valence-electron chi connectivity index (χ4n) is 4.25. The van der Waals surface area contributed by atoms with Gasteiger partial charge in [-0.3, -0.25) is 9.48 Å². The lowest BCUT2D eigenvalue weighted by molar-refractivity contribution is -0.123. The molecule has 0 bridgehead atoms. The minimum Gasteiger partial charge on any atom is -0.478 e. The molecule has 1 heterocycles. The van der Waals surface area contributed by atoms with Crippen molar-refractivity contribution in [2.24, 2.45) is 7.05 Å². The van der Waals surface area contributed by atoms with E-state index in [0.29, 0.717) is 5.69 Å². The summed E-state index contributed by atoms with van der Waals surface area (Å²) in [5.41, 5.74) is 4.65. The van der Waals surface area contributed by atoms with Gasteiger partial charge >= 0.3 is 12.1 Å². The Morgan fingerprint density at radius 1 is 1.14 bits per heavy atom. The molecule has 4 rings (SSSR count). The fraction of sp³-hybridized carbons (Fsp3) is 0.231. The van der Waals surface area contributed by atoms with Crippen LogP contribution in [0.4, 0.5) is 4.79 Å². The van der Waals surface area contributed by atoms with E-state index in [4.69, 9.17) is 11.2 Å². The number of aryl methyl sites for hydroxylation is 1. The summed E-state index contributed by atoms with van der Waals surface area (Å²) in [6, 6.07) is 14.9. The topological polar surface area (TPSA) is 123 Å². The standard InChI is InChI=1S/C26H24N4O5/c1-3-8-22(24(31)27-14-23-20(25(32)33)13-28-30(23)2)29-26(34)35-15-21-18-11-6-4-9-16(18)17-10-5-7-12-19(17)21/h1,4-7,9-13,21-22H,8,14-15H2,2H3,(H,27,31)(H,29,34)(H,32,33). The third-order valence-electron chi connectivity index (χ3n) is 6.00. The highest BCUT2D eigenvalue weighted by Crippen LogP contribution is 2.44. The molecular formula is C26H24N4O5. The van der Waals surface area contributed by atoms with Crippen LogP contribution in [0.2, 0.25) is 0 Å². The molecule has 9 nitrogen and oxygen atoms in total. The molecule has 1 unspecified atom stereocenters. The second-order valence-electron chi connectivity index (χ2n) is 8.08. The minimum atomic E-state index is -1.15. The van der Waals surface area contributed by atoms with Gasteiger partial charge in [-0.15, -0.1) is 12.3 Å². The van der Waals surface area contributed by atoms with Crippen LogP contribution >= 0.6 is 0 Å². The lowest BCUT2D eigenvalue weighted by Gasteiger charge is -2.18. The van der Waals surface area contributed by atoms with Gasteiger partial charge in [0.05, 0.1) is 18.4 Å². The van der Waals surface area contributed by atoms with Crippen molar-refractivity contribution in [3.8, 4) is 23.5 Å². The molecule has 2 aromatic carbocycles. The Hall–Kier alpha value is -4.58. The van der Waals surface area contributed by atoms with Crippen LogP contribution in [0.5, 0.6) is 0 Å². The van der Waals surface area contributed by atoms with E-state index in [9.17, 15) is 19.5 Å². The number of carboxylic acid groups (broad SMARTS) is 1. The molecule has 0 aliphatic heterocycles. The zero-order valence-electron chi connectivity index (χ0n) is 19.0. The molecule has 2 amide bonds. The number of carbonyl (C=O) groups is 3. The fourth-order valence-corrected chi connectivity index (χ4v) is 4.25. The van der Waals surface area contributed by atoms with Gasteiger partial charge in [0.15, 0.2) is 0 Å². The molecule has 0 fully saturated rings. The molecule has 0 saturated heterocycles. The van der Waals surface area contributed by atoms with Crippen LogP contribution in [0.15, 0.2) is 54.7 Å². The number of ether oxygens (including phenoxy) is 1. The van der Waals surface area contributed by atoms with E-state index in [-0.39, 0.29) is 31.1 Å². The van der Waals surface area contributed by atoms with Crippen molar-refractivity contribution < 1.29 is 24.2 Å². The maximum absolute atomic E-state index is 12.7. The van der Waals surface area contributed by atoms with Crippen LogP contribution in [-0.4, -0.2) is 45.5 Å². The first-order valence-electron chi connectivity index (χ1n) is 11.0. The van der Waals surface area contributed by atoms with Crippen LogP contribution in [0, 0.1) is 12.3 Å². The Morgan fingerprint density at radius 2 is 1.77 bits per heavy atom. The molecular weight excluding hydrogens is 448 g/mol. The maximum Gasteiger partial charge on any atom is 0.407 e. The zero-order chi connectivity index (χ0) is 24.9. The molecule has 3 aromatic rings. The number of nitrogens with one attached hydrogen (secondary N) is 2. The van der Waals surface area contributed by atoms with Gasteiger partial charge in [0.25, 0.3) is 0 Å². The van der Waals surface area contributed by atoms with Gasteiger partial charge in [-0.2, -0.15) is 5.10 Å². The van der Waals surface area contributed by atoms with Crippen molar-refractivity contribution >= 4 is 18.0 Å². The summed E-state index contributed by atoms with van der Waals surface area (Å²) in [5.74, 6) is 0.536. The summed E-state index contributed by atoms with van der Waals surface area (Å²) in [7, 11) is 1.57. The number of hydrogen-bond donors (Lipinski definition) is 3. The highest BCUT2D eigenvalue weighted by Gasteiger charge is 2.30. The number of amides is 2. The SMILES string of the molecule is C#CCC(NC(=O)OCC1c2ccccc2-c2ccccc21)C(=O)NCc1c(C(=O)O)cnn1C. The van der Waals surface area contributed by atoms with Crippen LogP contribution in [0.3, 0.4) is 0 Å². The van der Waals surface area contributed by atoms with Gasteiger partial charge < -0.3 is 20.5 Å². The summed E-state index contributed by atoms with van der Waals surface area (Å²) in [6.45, 7) is 0.00561. The quantitative estimate of drug-likeness (QED) is 0.433. The highest BCUT2D eigenvalue weighted by molar-refractivity contribution is 5.89. The number of fused-ring (bicyclic) bond motifs is 3. The van der Waals surface area contributed by atoms with Crippen molar-refractivity contribution in [1.82, 2.24) is 20.4 Å². The Kier molecular flexibility index (Phi) is 6.83. The Morgan fingerprint density at radius 3 is 2.37 bits per heavy atom. The second kappa shape index (κ2) is 10.1. The molecule has 0 spiro atoms. The average molecular weight is 473 g/mol. The molecule has 178 valence electrons. The largest absolute Gasteiger partial charge is 0.478 e. The number of benzene rings is 2. The number of rotatable bonds is 8. The molecule has 35 heavy (non-hydrogen) atoms. The zero-order valence-corrected chi connectivity index (χ0v) is 19.0. The molecule has 3 N–H and O–H groups in total. The van der Waals surface area contributed by atoms with Crippen molar-refractivity contribution in [2.45, 2.75) is 24.9 Å². The normalized spacial score (nSPS) is 12.7. The Bertz CT molecular complexity index is 1280. The third-order valence-corrected chi connectivity index (χ3v) is 6.00. The molecule has 0 radical (unpaired) electrons. The van der Waals surface area contributed by atoms with E-state index in [1.54, 1.807) is 7.05 Å². The maximum atomic E-state index is 12.7. The van der Waals surface area contributed by atoms with Gasteiger partial charge in [-0.25, -0.2) is 9.59 Å².